The van der Waals surface area contributed by atoms with E-state index in [1.807, 2.05) is 12.1 Å². The molecule has 0 bridgehead atoms. The van der Waals surface area contributed by atoms with Crippen molar-refractivity contribution in [2.24, 2.45) is 5.10 Å². The van der Waals surface area contributed by atoms with Crippen molar-refractivity contribution in [3.8, 4) is 16.9 Å². The smallest absolute Gasteiger partial charge is 0.345 e. The van der Waals surface area contributed by atoms with E-state index in [9.17, 15) is 9.59 Å². The standard InChI is InChI=1S/C29H16BrCl4N3O3/c30-16-5-10-25(40-29(39)20-8-6-18(32)13-23(20)34)15(11-16)14-35-37-28(38)27-26(19-3-1-2-4-22(19)33)21-12-17(31)7-9-24(21)36-27/h1-14,36H,(H,37,38). The molecule has 1 heterocycles. The van der Waals surface area contributed by atoms with Gasteiger partial charge in [-0.15, -0.1) is 0 Å². The number of nitrogens with zero attached hydrogens (tertiary/aromatic N) is 1. The van der Waals surface area contributed by atoms with Crippen LogP contribution in [0.1, 0.15) is 26.4 Å². The van der Waals surface area contributed by atoms with Gasteiger partial charge in [0.05, 0.1) is 16.8 Å². The molecule has 0 saturated carbocycles. The molecule has 1 aromatic heterocycles. The quantitative estimate of drug-likeness (QED) is 0.0815. The van der Waals surface area contributed by atoms with Gasteiger partial charge in [-0.05, 0) is 60.7 Å². The number of nitrogens with one attached hydrogen (secondary N) is 2. The fourth-order valence-corrected chi connectivity index (χ4v) is 5.28. The van der Waals surface area contributed by atoms with Crippen LogP contribution >= 0.6 is 62.3 Å². The van der Waals surface area contributed by atoms with E-state index in [2.05, 4.69) is 31.4 Å². The molecule has 11 heteroatoms. The number of carbonyl (C=O) groups excluding carboxylic acids is 2. The summed E-state index contributed by atoms with van der Waals surface area (Å²) in [6.07, 6.45) is 1.36. The van der Waals surface area contributed by atoms with Gasteiger partial charge in [-0.2, -0.15) is 5.10 Å². The van der Waals surface area contributed by atoms with E-state index in [4.69, 9.17) is 51.1 Å². The van der Waals surface area contributed by atoms with Gasteiger partial charge in [0.1, 0.15) is 11.4 Å². The molecular formula is C29H16BrCl4N3O3. The first kappa shape index (κ1) is 28.2. The molecule has 0 fully saturated rings. The maximum atomic E-state index is 13.3. The highest BCUT2D eigenvalue weighted by Gasteiger charge is 2.21. The number of aromatic nitrogens is 1. The highest BCUT2D eigenvalue weighted by atomic mass is 79.9. The van der Waals surface area contributed by atoms with E-state index in [1.54, 1.807) is 54.6 Å². The predicted octanol–water partition coefficient (Wildman–Crippen LogP) is 9.19. The van der Waals surface area contributed by atoms with Gasteiger partial charge in [0, 0.05) is 47.1 Å². The molecule has 0 spiro atoms. The molecule has 0 unspecified atom stereocenters. The first-order chi connectivity index (χ1) is 19.2. The van der Waals surface area contributed by atoms with Gasteiger partial charge in [0.25, 0.3) is 5.91 Å². The molecule has 1 amide bonds. The molecule has 4 aromatic carbocycles. The first-order valence-electron chi connectivity index (χ1n) is 11.6. The minimum absolute atomic E-state index is 0.149. The third kappa shape index (κ3) is 6.04. The second-order valence-corrected chi connectivity index (χ2v) is 11.0. The third-order valence-electron chi connectivity index (χ3n) is 5.83. The first-order valence-corrected chi connectivity index (χ1v) is 13.9. The largest absolute Gasteiger partial charge is 0.422 e. The van der Waals surface area contributed by atoms with Crippen molar-refractivity contribution >= 4 is 91.3 Å². The molecule has 5 rings (SSSR count). The van der Waals surface area contributed by atoms with Crippen LogP contribution in [0, 0.1) is 0 Å². The van der Waals surface area contributed by atoms with Gasteiger partial charge < -0.3 is 9.72 Å². The molecule has 40 heavy (non-hydrogen) atoms. The summed E-state index contributed by atoms with van der Waals surface area (Å²) >= 11 is 28.2. The lowest BCUT2D eigenvalue weighted by Crippen LogP contribution is -2.19. The summed E-state index contributed by atoms with van der Waals surface area (Å²) in [6, 6.07) is 21.9. The van der Waals surface area contributed by atoms with Crippen LogP contribution in [0.4, 0.5) is 0 Å². The number of aromatic amines is 1. The molecule has 0 radical (unpaired) electrons. The average molecular weight is 676 g/mol. The zero-order valence-electron chi connectivity index (χ0n) is 20.1. The van der Waals surface area contributed by atoms with Crippen molar-refractivity contribution in [3.63, 3.8) is 0 Å². The second kappa shape index (κ2) is 12.0. The van der Waals surface area contributed by atoms with Crippen LogP contribution in [-0.2, 0) is 0 Å². The zero-order chi connectivity index (χ0) is 28.4. The maximum absolute atomic E-state index is 13.3. The fraction of sp³-hybridized carbons (Fsp3) is 0. The van der Waals surface area contributed by atoms with E-state index in [0.717, 1.165) is 5.39 Å². The maximum Gasteiger partial charge on any atom is 0.345 e. The van der Waals surface area contributed by atoms with Crippen LogP contribution in [0.15, 0.2) is 88.4 Å². The Morgan fingerprint density at radius 3 is 2.40 bits per heavy atom. The molecule has 6 nitrogen and oxygen atoms in total. The number of rotatable bonds is 6. The molecule has 2 N–H and O–H groups in total. The minimum atomic E-state index is -0.677. The van der Waals surface area contributed by atoms with Crippen LogP contribution in [0.25, 0.3) is 22.0 Å². The monoisotopic (exact) mass is 673 g/mol. The number of halogens is 5. The number of hydrazone groups is 1. The van der Waals surface area contributed by atoms with E-state index < -0.39 is 11.9 Å². The number of esters is 1. The summed E-state index contributed by atoms with van der Waals surface area (Å²) in [5.41, 5.74) is 5.31. The molecule has 0 saturated heterocycles. The van der Waals surface area contributed by atoms with Gasteiger partial charge >= 0.3 is 5.97 Å². The van der Waals surface area contributed by atoms with Gasteiger partial charge in [-0.3, -0.25) is 4.79 Å². The predicted molar refractivity (Wildman–Crippen MR) is 164 cm³/mol. The normalized spacial score (nSPS) is 11.2. The number of hydrogen-bond donors (Lipinski definition) is 2. The average Bonchev–Trinajstić information content (AvgIpc) is 3.28. The van der Waals surface area contributed by atoms with Crippen LogP contribution in [0.3, 0.4) is 0 Å². The molecule has 0 aliphatic carbocycles. The van der Waals surface area contributed by atoms with Crippen LogP contribution < -0.4 is 10.2 Å². The summed E-state index contributed by atoms with van der Waals surface area (Å²) in [5, 5.41) is 6.39. The Balaban J connectivity index is 1.43. The van der Waals surface area contributed by atoms with Crippen molar-refractivity contribution in [2.75, 3.05) is 0 Å². The molecular weight excluding hydrogens is 660 g/mol. The van der Waals surface area contributed by atoms with Gasteiger partial charge in [-0.25, -0.2) is 10.2 Å². The molecule has 200 valence electrons. The van der Waals surface area contributed by atoms with Crippen LogP contribution in [-0.4, -0.2) is 23.1 Å². The van der Waals surface area contributed by atoms with Crippen molar-refractivity contribution in [2.45, 2.75) is 0 Å². The Labute approximate surface area is 257 Å². The highest BCUT2D eigenvalue weighted by molar-refractivity contribution is 9.10. The number of ether oxygens (including phenoxy) is 1. The summed E-state index contributed by atoms with van der Waals surface area (Å²) < 4.78 is 6.27. The van der Waals surface area contributed by atoms with E-state index in [-0.39, 0.29) is 22.0 Å². The topological polar surface area (TPSA) is 83.5 Å². The van der Waals surface area contributed by atoms with Crippen LogP contribution in [0.5, 0.6) is 5.75 Å². The fourth-order valence-electron chi connectivity index (χ4n) is 4.02. The van der Waals surface area contributed by atoms with Crippen molar-refractivity contribution in [3.05, 3.63) is 120 Å². The lowest BCUT2D eigenvalue weighted by Gasteiger charge is -2.09. The number of hydrogen-bond acceptors (Lipinski definition) is 4. The number of carbonyl (C=O) groups is 2. The third-order valence-corrected chi connectivity index (χ3v) is 7.43. The van der Waals surface area contributed by atoms with Crippen molar-refractivity contribution in [1.82, 2.24) is 10.4 Å². The molecule has 5 aromatic rings. The van der Waals surface area contributed by atoms with Crippen molar-refractivity contribution < 1.29 is 14.3 Å². The minimum Gasteiger partial charge on any atom is -0.422 e. The van der Waals surface area contributed by atoms with Gasteiger partial charge in [0.2, 0.25) is 0 Å². The Bertz CT molecular complexity index is 1820. The lowest BCUT2D eigenvalue weighted by atomic mass is 10.0. The molecule has 0 aliphatic rings. The molecule has 0 aliphatic heterocycles. The Kier molecular flexibility index (Phi) is 8.49. The summed E-state index contributed by atoms with van der Waals surface area (Å²) in [7, 11) is 0. The summed E-state index contributed by atoms with van der Waals surface area (Å²) in [5.74, 6) is -0.988. The SMILES string of the molecule is O=C(Oc1ccc(Br)cc1C=NNC(=O)c1[nH]c2ccc(Cl)cc2c1-c1ccccc1Cl)c1ccc(Cl)cc1Cl. The zero-order valence-corrected chi connectivity index (χ0v) is 24.8. The van der Waals surface area contributed by atoms with Gasteiger partial charge in [0.15, 0.2) is 0 Å². The number of fused-ring (bicyclic) bond motifs is 1. The summed E-state index contributed by atoms with van der Waals surface area (Å²) in [4.78, 5) is 29.2. The van der Waals surface area contributed by atoms with Crippen molar-refractivity contribution in [1.29, 1.82) is 0 Å². The Hall–Kier alpha value is -3.33. The highest BCUT2D eigenvalue weighted by Crippen LogP contribution is 2.37. The molecule has 0 atom stereocenters. The second-order valence-electron chi connectivity index (χ2n) is 8.44. The Morgan fingerprint density at radius 1 is 0.875 bits per heavy atom. The Morgan fingerprint density at radius 2 is 1.62 bits per heavy atom. The number of benzene rings is 4. The number of amides is 1. The summed E-state index contributed by atoms with van der Waals surface area (Å²) in [6.45, 7) is 0. The lowest BCUT2D eigenvalue weighted by molar-refractivity contribution is 0.0734. The van der Waals surface area contributed by atoms with E-state index in [0.29, 0.717) is 41.7 Å². The number of H-pyrrole nitrogens is 1. The van der Waals surface area contributed by atoms with E-state index >= 15 is 0 Å². The van der Waals surface area contributed by atoms with Crippen LogP contribution in [0.2, 0.25) is 20.1 Å². The van der Waals surface area contributed by atoms with Gasteiger partial charge in [-0.1, -0.05) is 80.5 Å². The van der Waals surface area contributed by atoms with E-state index in [1.165, 1.54) is 18.3 Å².